The Bertz CT molecular complexity index is 1390. The number of benzene rings is 3. The van der Waals surface area contributed by atoms with E-state index in [9.17, 15) is 18.0 Å². The molecule has 0 aliphatic rings. The Labute approximate surface area is 236 Å². The van der Waals surface area contributed by atoms with Crippen LogP contribution in [0, 0.1) is 13.8 Å². The zero-order chi connectivity index (χ0) is 28.7. The van der Waals surface area contributed by atoms with Crippen LogP contribution in [-0.2, 0) is 32.6 Å². The number of aryl methyl sites for hydroxylation is 2. The quantitative estimate of drug-likeness (QED) is 0.356. The highest BCUT2D eigenvalue weighted by Gasteiger charge is 2.33. The Balaban J connectivity index is 2.07. The number of nitrogens with zero attached hydrogens (tertiary/aromatic N) is 2. The van der Waals surface area contributed by atoms with Gasteiger partial charge in [-0.05, 0) is 62.6 Å². The van der Waals surface area contributed by atoms with Crippen LogP contribution in [0.4, 0.5) is 5.69 Å². The molecule has 9 heteroatoms. The van der Waals surface area contributed by atoms with Crippen LogP contribution in [0.5, 0.6) is 0 Å². The number of rotatable bonds is 11. The average Bonchev–Trinajstić information content (AvgIpc) is 2.85. The second-order valence-corrected chi connectivity index (χ2v) is 12.4. The largest absolute Gasteiger partial charge is 0.352 e. The number of hydrogen-bond acceptors (Lipinski definition) is 4. The van der Waals surface area contributed by atoms with Gasteiger partial charge in [0.2, 0.25) is 21.8 Å². The summed E-state index contributed by atoms with van der Waals surface area (Å²) in [6.45, 7) is 7.09. The molecule has 1 atom stereocenters. The average molecular weight is 570 g/mol. The normalized spacial score (nSPS) is 12.2. The molecule has 39 heavy (non-hydrogen) atoms. The third kappa shape index (κ3) is 8.57. The van der Waals surface area contributed by atoms with Gasteiger partial charge in [-0.1, -0.05) is 71.8 Å². The van der Waals surface area contributed by atoms with Gasteiger partial charge < -0.3 is 10.2 Å². The number of carbonyl (C=O) groups excluding carboxylic acids is 2. The first-order chi connectivity index (χ1) is 18.3. The van der Waals surface area contributed by atoms with E-state index in [0.717, 1.165) is 32.8 Å². The Morgan fingerprint density at radius 3 is 2.13 bits per heavy atom. The first-order valence-corrected chi connectivity index (χ1v) is 15.0. The van der Waals surface area contributed by atoms with Gasteiger partial charge >= 0.3 is 0 Å². The van der Waals surface area contributed by atoms with Gasteiger partial charge in [-0.25, -0.2) is 8.42 Å². The predicted octanol–water partition coefficient (Wildman–Crippen LogP) is 4.89. The Hall–Kier alpha value is -3.36. The number of amides is 2. The minimum absolute atomic E-state index is 0.101. The highest BCUT2D eigenvalue weighted by Crippen LogP contribution is 2.25. The molecule has 0 bridgehead atoms. The molecule has 0 radical (unpaired) electrons. The van der Waals surface area contributed by atoms with E-state index < -0.39 is 28.5 Å². The molecule has 0 spiro atoms. The van der Waals surface area contributed by atoms with Gasteiger partial charge in [0.15, 0.2) is 0 Å². The zero-order valence-corrected chi connectivity index (χ0v) is 24.6. The van der Waals surface area contributed by atoms with Crippen molar-refractivity contribution in [3.8, 4) is 0 Å². The summed E-state index contributed by atoms with van der Waals surface area (Å²) in [6, 6.07) is 20.8. The summed E-state index contributed by atoms with van der Waals surface area (Å²) in [5, 5.41) is 3.49. The molecule has 0 heterocycles. The van der Waals surface area contributed by atoms with Crippen molar-refractivity contribution in [1.29, 1.82) is 0 Å². The van der Waals surface area contributed by atoms with Crippen molar-refractivity contribution >= 4 is 39.1 Å². The molecule has 0 saturated heterocycles. The summed E-state index contributed by atoms with van der Waals surface area (Å²) in [6.07, 6.45) is 1.34. The summed E-state index contributed by atoms with van der Waals surface area (Å²) in [4.78, 5) is 29.1. The van der Waals surface area contributed by atoms with E-state index in [1.165, 1.54) is 4.90 Å². The van der Waals surface area contributed by atoms with Crippen molar-refractivity contribution in [1.82, 2.24) is 10.2 Å². The molecule has 3 rings (SSSR count). The van der Waals surface area contributed by atoms with Crippen molar-refractivity contribution in [3.63, 3.8) is 0 Å². The number of hydrogen-bond donors (Lipinski definition) is 1. The molecular weight excluding hydrogens is 534 g/mol. The molecule has 208 valence electrons. The molecule has 2 amide bonds. The Morgan fingerprint density at radius 2 is 1.56 bits per heavy atom. The van der Waals surface area contributed by atoms with Crippen LogP contribution >= 0.6 is 11.6 Å². The lowest BCUT2D eigenvalue weighted by Crippen LogP contribution is -2.54. The molecule has 3 aromatic carbocycles. The highest BCUT2D eigenvalue weighted by molar-refractivity contribution is 7.92. The van der Waals surface area contributed by atoms with Gasteiger partial charge in [-0.3, -0.25) is 13.9 Å². The number of halogens is 1. The van der Waals surface area contributed by atoms with Gasteiger partial charge in [0, 0.05) is 24.0 Å². The lowest BCUT2D eigenvalue weighted by Gasteiger charge is -2.34. The van der Waals surface area contributed by atoms with Crippen LogP contribution in [0.2, 0.25) is 5.02 Å². The molecular formula is C30H36ClN3O4S. The zero-order valence-electron chi connectivity index (χ0n) is 23.0. The molecule has 1 N–H and O–H groups in total. The van der Waals surface area contributed by atoms with E-state index in [2.05, 4.69) is 5.32 Å². The van der Waals surface area contributed by atoms with E-state index in [1.807, 2.05) is 70.2 Å². The fraction of sp³-hybridized carbons (Fsp3) is 0.333. The van der Waals surface area contributed by atoms with Crippen LogP contribution in [0.25, 0.3) is 0 Å². The van der Waals surface area contributed by atoms with Gasteiger partial charge in [-0.15, -0.1) is 0 Å². The van der Waals surface area contributed by atoms with Crippen molar-refractivity contribution < 1.29 is 18.0 Å². The summed E-state index contributed by atoms with van der Waals surface area (Å²) in [5.74, 6) is -0.802. The monoisotopic (exact) mass is 569 g/mol. The fourth-order valence-corrected chi connectivity index (χ4v) is 5.43. The topological polar surface area (TPSA) is 86.8 Å². The maximum absolute atomic E-state index is 14.1. The van der Waals surface area contributed by atoms with E-state index in [-0.39, 0.29) is 24.9 Å². The van der Waals surface area contributed by atoms with Crippen molar-refractivity contribution in [2.24, 2.45) is 0 Å². The smallest absolute Gasteiger partial charge is 0.244 e. The van der Waals surface area contributed by atoms with Gasteiger partial charge in [0.25, 0.3) is 0 Å². The molecule has 0 aliphatic heterocycles. The summed E-state index contributed by atoms with van der Waals surface area (Å²) < 4.78 is 27.0. The van der Waals surface area contributed by atoms with Crippen LogP contribution in [0.1, 0.15) is 36.1 Å². The second-order valence-electron chi connectivity index (χ2n) is 10.1. The van der Waals surface area contributed by atoms with Gasteiger partial charge in [0.05, 0.1) is 11.9 Å². The van der Waals surface area contributed by atoms with E-state index in [0.29, 0.717) is 10.7 Å². The minimum Gasteiger partial charge on any atom is -0.352 e. The summed E-state index contributed by atoms with van der Waals surface area (Å²) in [7, 11) is -3.82. The Morgan fingerprint density at radius 1 is 0.923 bits per heavy atom. The third-order valence-corrected chi connectivity index (χ3v) is 7.65. The van der Waals surface area contributed by atoms with Crippen molar-refractivity contribution in [2.45, 2.75) is 52.7 Å². The SMILES string of the molecule is Cc1ccc(N(CC(=O)N(Cc2ccc(Cl)cc2)C(Cc2ccccc2)C(=O)NC(C)C)S(C)(=O)=O)c(C)c1. The first kappa shape index (κ1) is 30.2. The molecule has 1 unspecified atom stereocenters. The van der Waals surface area contributed by atoms with Crippen molar-refractivity contribution in [2.75, 3.05) is 17.1 Å². The van der Waals surface area contributed by atoms with E-state index in [1.54, 1.807) is 30.3 Å². The number of sulfonamides is 1. The number of nitrogens with one attached hydrogen (secondary N) is 1. The van der Waals surface area contributed by atoms with E-state index in [4.69, 9.17) is 11.6 Å². The summed E-state index contributed by atoms with van der Waals surface area (Å²) >= 11 is 6.08. The number of anilines is 1. The number of carbonyl (C=O) groups is 2. The third-order valence-electron chi connectivity index (χ3n) is 6.27. The standard InChI is InChI=1S/C30H36ClN3O4S/c1-21(2)32-30(36)28(18-24-9-7-6-8-10-24)33(19-25-12-14-26(31)15-13-25)29(35)20-34(39(5,37)38)27-16-11-22(3)17-23(27)4/h6-17,21,28H,18-20H2,1-5H3,(H,32,36). The van der Waals surface area contributed by atoms with Crippen LogP contribution in [0.3, 0.4) is 0 Å². The molecule has 0 saturated carbocycles. The van der Waals surface area contributed by atoms with E-state index >= 15 is 0 Å². The molecule has 0 fully saturated rings. The fourth-order valence-electron chi connectivity index (χ4n) is 4.40. The maximum Gasteiger partial charge on any atom is 0.244 e. The van der Waals surface area contributed by atoms with Crippen LogP contribution < -0.4 is 9.62 Å². The van der Waals surface area contributed by atoms with Crippen LogP contribution in [0.15, 0.2) is 72.8 Å². The molecule has 0 aliphatic carbocycles. The highest BCUT2D eigenvalue weighted by atomic mass is 35.5. The lowest BCUT2D eigenvalue weighted by atomic mass is 10.0. The predicted molar refractivity (Wildman–Crippen MR) is 157 cm³/mol. The van der Waals surface area contributed by atoms with Gasteiger partial charge in [-0.2, -0.15) is 0 Å². The minimum atomic E-state index is -3.82. The summed E-state index contributed by atoms with van der Waals surface area (Å²) in [5.41, 5.74) is 3.78. The maximum atomic E-state index is 14.1. The van der Waals surface area contributed by atoms with Gasteiger partial charge in [0.1, 0.15) is 12.6 Å². The van der Waals surface area contributed by atoms with Crippen molar-refractivity contribution in [3.05, 3.63) is 100 Å². The molecule has 0 aromatic heterocycles. The first-order valence-electron chi connectivity index (χ1n) is 12.8. The van der Waals surface area contributed by atoms with Crippen LogP contribution in [-0.4, -0.2) is 50.0 Å². The molecule has 7 nitrogen and oxygen atoms in total. The Kier molecular flexibility index (Phi) is 10.2. The second kappa shape index (κ2) is 13.1. The lowest BCUT2D eigenvalue weighted by molar-refractivity contribution is -0.140. The molecule has 3 aromatic rings.